The fraction of sp³-hybridized carbons (Fsp3) is 0.478. The van der Waals surface area contributed by atoms with E-state index in [1.165, 1.54) is 10.9 Å². The van der Waals surface area contributed by atoms with Crippen molar-refractivity contribution in [3.8, 4) is 0 Å². The lowest BCUT2D eigenvalue weighted by atomic mass is 10.2. The largest absolute Gasteiger partial charge is 0.383 e. The highest BCUT2D eigenvalue weighted by Crippen LogP contribution is 2.10. The number of hydrogen-bond acceptors (Lipinski definition) is 7. The average molecular weight is 471 g/mol. The van der Waals surface area contributed by atoms with Crippen molar-refractivity contribution in [2.45, 2.75) is 19.6 Å². The van der Waals surface area contributed by atoms with Gasteiger partial charge in [-0.3, -0.25) is 19.1 Å². The number of carbonyl (C=O) groups is 1. The van der Waals surface area contributed by atoms with Crippen LogP contribution in [0, 0.1) is 0 Å². The van der Waals surface area contributed by atoms with Crippen molar-refractivity contribution in [3.05, 3.63) is 63.1 Å². The Morgan fingerprint density at radius 2 is 1.88 bits per heavy atom. The highest BCUT2D eigenvalue weighted by molar-refractivity contribution is 5.76. The van der Waals surface area contributed by atoms with Crippen molar-refractivity contribution < 1.29 is 14.3 Å². The summed E-state index contributed by atoms with van der Waals surface area (Å²) in [6.45, 7) is 4.77. The molecule has 1 aromatic carbocycles. The first-order valence-corrected chi connectivity index (χ1v) is 11.4. The summed E-state index contributed by atoms with van der Waals surface area (Å²) >= 11 is 0. The first-order chi connectivity index (χ1) is 16.6. The summed E-state index contributed by atoms with van der Waals surface area (Å²) in [5.74, 6) is -0.388. The van der Waals surface area contributed by atoms with Crippen LogP contribution in [0.5, 0.6) is 0 Å². The van der Waals surface area contributed by atoms with Gasteiger partial charge in [0, 0.05) is 39.8 Å². The molecule has 2 aromatic heterocycles. The number of rotatable bonds is 10. The maximum atomic E-state index is 13.3. The van der Waals surface area contributed by atoms with Crippen LogP contribution in [0.25, 0.3) is 11.2 Å². The van der Waals surface area contributed by atoms with Crippen LogP contribution in [0.1, 0.15) is 5.56 Å². The van der Waals surface area contributed by atoms with E-state index in [2.05, 4.69) is 15.2 Å². The van der Waals surface area contributed by atoms with Gasteiger partial charge in [0.05, 0.1) is 32.7 Å². The van der Waals surface area contributed by atoms with Gasteiger partial charge in [-0.05, 0) is 5.56 Å². The first-order valence-electron chi connectivity index (χ1n) is 11.4. The standard InChI is InChI=1S/C23H30N6O5/c1-33-12-11-27-17-25-21-20(27)22(31)29(23(32)28(21)15-18-5-3-2-4-6-18)16-19(30)24-7-8-26-9-13-34-14-10-26/h2-6,17H,7-16H2,1H3,(H,24,30). The number of ether oxygens (including phenoxy) is 2. The zero-order valence-electron chi connectivity index (χ0n) is 19.3. The molecule has 182 valence electrons. The van der Waals surface area contributed by atoms with E-state index in [9.17, 15) is 14.4 Å². The summed E-state index contributed by atoms with van der Waals surface area (Å²) in [5.41, 5.74) is 0.341. The lowest BCUT2D eigenvalue weighted by Gasteiger charge is -2.26. The zero-order chi connectivity index (χ0) is 23.9. The second kappa shape index (κ2) is 11.2. The van der Waals surface area contributed by atoms with Gasteiger partial charge in [0.15, 0.2) is 11.2 Å². The van der Waals surface area contributed by atoms with Gasteiger partial charge in [-0.15, -0.1) is 0 Å². The average Bonchev–Trinajstić information content (AvgIpc) is 3.28. The molecule has 0 unspecified atom stereocenters. The summed E-state index contributed by atoms with van der Waals surface area (Å²) in [6, 6.07) is 9.45. The Hall–Kier alpha value is -3.28. The highest BCUT2D eigenvalue weighted by atomic mass is 16.5. The van der Waals surface area contributed by atoms with Crippen molar-refractivity contribution in [1.29, 1.82) is 0 Å². The van der Waals surface area contributed by atoms with Gasteiger partial charge >= 0.3 is 5.69 Å². The molecular formula is C23H30N6O5. The van der Waals surface area contributed by atoms with Crippen molar-refractivity contribution >= 4 is 17.1 Å². The normalized spacial score (nSPS) is 14.5. The first kappa shape index (κ1) is 23.9. The number of hydrogen-bond donors (Lipinski definition) is 1. The number of imidazole rings is 1. The molecule has 0 saturated carbocycles. The van der Waals surface area contributed by atoms with Gasteiger partial charge in [-0.1, -0.05) is 30.3 Å². The molecule has 34 heavy (non-hydrogen) atoms. The number of benzene rings is 1. The molecule has 0 atom stereocenters. The van der Waals surface area contributed by atoms with Crippen LogP contribution in [-0.2, 0) is 33.9 Å². The molecule has 1 fully saturated rings. The van der Waals surface area contributed by atoms with Crippen LogP contribution >= 0.6 is 0 Å². The SMILES string of the molecule is COCCn1cnc2c1c(=O)n(CC(=O)NCCN1CCOCC1)c(=O)n2Cc1ccccc1. The molecule has 11 heteroatoms. The Kier molecular flexibility index (Phi) is 7.88. The van der Waals surface area contributed by atoms with Crippen LogP contribution in [0.4, 0.5) is 0 Å². The molecule has 3 aromatic rings. The predicted molar refractivity (Wildman–Crippen MR) is 126 cm³/mol. The lowest BCUT2D eigenvalue weighted by Crippen LogP contribution is -2.46. The third-order valence-corrected chi connectivity index (χ3v) is 5.86. The summed E-state index contributed by atoms with van der Waals surface area (Å²) in [5, 5.41) is 2.82. The quantitative estimate of drug-likeness (QED) is 0.425. The second-order valence-corrected chi connectivity index (χ2v) is 8.15. The predicted octanol–water partition coefficient (Wildman–Crippen LogP) is -0.497. The Bertz CT molecular complexity index is 1230. The van der Waals surface area contributed by atoms with Crippen LogP contribution in [-0.4, -0.2) is 82.6 Å². The van der Waals surface area contributed by atoms with Gasteiger partial charge in [0.1, 0.15) is 6.54 Å². The number of aromatic nitrogens is 4. The van der Waals surface area contributed by atoms with Gasteiger partial charge in [-0.2, -0.15) is 0 Å². The van der Waals surface area contributed by atoms with Gasteiger partial charge in [0.25, 0.3) is 5.56 Å². The van der Waals surface area contributed by atoms with Crippen molar-refractivity contribution in [2.24, 2.45) is 0 Å². The van der Waals surface area contributed by atoms with E-state index < -0.39 is 11.2 Å². The molecule has 1 aliphatic rings. The molecule has 1 N–H and O–H groups in total. The van der Waals surface area contributed by atoms with Crippen LogP contribution in [0.15, 0.2) is 46.2 Å². The van der Waals surface area contributed by atoms with Crippen LogP contribution < -0.4 is 16.6 Å². The fourth-order valence-electron chi connectivity index (χ4n) is 4.02. The molecule has 1 aliphatic heterocycles. The van der Waals surface area contributed by atoms with E-state index in [1.54, 1.807) is 11.7 Å². The highest BCUT2D eigenvalue weighted by Gasteiger charge is 2.20. The number of nitrogens with one attached hydrogen (secondary N) is 1. The number of morpholine rings is 1. The minimum atomic E-state index is -0.568. The Morgan fingerprint density at radius 3 is 2.62 bits per heavy atom. The molecule has 0 spiro atoms. The molecule has 1 saturated heterocycles. The van der Waals surface area contributed by atoms with E-state index in [0.717, 1.165) is 23.2 Å². The van der Waals surface area contributed by atoms with Crippen LogP contribution in [0.3, 0.4) is 0 Å². The topological polar surface area (TPSA) is 113 Å². The Labute approximate surface area is 196 Å². The minimum Gasteiger partial charge on any atom is -0.383 e. The fourth-order valence-corrected chi connectivity index (χ4v) is 4.02. The second-order valence-electron chi connectivity index (χ2n) is 8.15. The van der Waals surface area contributed by atoms with E-state index >= 15 is 0 Å². The van der Waals surface area contributed by atoms with E-state index in [0.29, 0.717) is 45.1 Å². The summed E-state index contributed by atoms with van der Waals surface area (Å²) in [7, 11) is 1.57. The third kappa shape index (κ3) is 5.44. The van der Waals surface area contributed by atoms with Gasteiger partial charge in [-0.25, -0.2) is 14.3 Å². The maximum absolute atomic E-state index is 13.3. The molecule has 1 amide bonds. The lowest BCUT2D eigenvalue weighted by molar-refractivity contribution is -0.121. The number of methoxy groups -OCH3 is 1. The third-order valence-electron chi connectivity index (χ3n) is 5.86. The maximum Gasteiger partial charge on any atom is 0.333 e. The molecule has 3 heterocycles. The zero-order valence-corrected chi connectivity index (χ0v) is 19.3. The number of nitrogens with zero attached hydrogens (tertiary/aromatic N) is 5. The summed E-state index contributed by atoms with van der Waals surface area (Å²) in [4.78, 5) is 45.8. The molecule has 4 rings (SSSR count). The van der Waals surface area contributed by atoms with E-state index in [1.807, 2.05) is 30.3 Å². The number of fused-ring (bicyclic) bond motifs is 1. The summed E-state index contributed by atoms with van der Waals surface area (Å²) < 4.78 is 14.6. The minimum absolute atomic E-state index is 0.233. The number of carbonyl (C=O) groups excluding carboxylic acids is 1. The number of amides is 1. The molecule has 0 bridgehead atoms. The molecule has 0 radical (unpaired) electrons. The van der Waals surface area contributed by atoms with Crippen molar-refractivity contribution in [2.75, 3.05) is 53.1 Å². The smallest absolute Gasteiger partial charge is 0.333 e. The Balaban J connectivity index is 1.61. The Morgan fingerprint density at radius 1 is 1.12 bits per heavy atom. The monoisotopic (exact) mass is 470 g/mol. The molecule has 11 nitrogen and oxygen atoms in total. The molecular weight excluding hydrogens is 440 g/mol. The van der Waals surface area contributed by atoms with Gasteiger partial charge < -0.3 is 19.4 Å². The molecule has 0 aliphatic carbocycles. The summed E-state index contributed by atoms with van der Waals surface area (Å²) in [6.07, 6.45) is 1.53. The van der Waals surface area contributed by atoms with E-state index in [4.69, 9.17) is 9.47 Å². The van der Waals surface area contributed by atoms with Crippen molar-refractivity contribution in [3.63, 3.8) is 0 Å². The van der Waals surface area contributed by atoms with Crippen LogP contribution in [0.2, 0.25) is 0 Å². The van der Waals surface area contributed by atoms with E-state index in [-0.39, 0.29) is 24.5 Å². The van der Waals surface area contributed by atoms with Crippen molar-refractivity contribution in [1.82, 2.24) is 28.9 Å². The van der Waals surface area contributed by atoms with Gasteiger partial charge in [0.2, 0.25) is 5.91 Å².